The van der Waals surface area contributed by atoms with Crippen molar-refractivity contribution in [2.24, 2.45) is 7.05 Å². The van der Waals surface area contributed by atoms with E-state index in [0.717, 1.165) is 10.9 Å². The third-order valence-corrected chi connectivity index (χ3v) is 3.73. The lowest BCUT2D eigenvalue weighted by atomic mass is 10.1. The predicted molar refractivity (Wildman–Crippen MR) is 86.2 cm³/mol. The zero-order valence-corrected chi connectivity index (χ0v) is 13.1. The van der Waals surface area contributed by atoms with Crippen LogP contribution in [0.15, 0.2) is 35.1 Å². The second-order valence-corrected chi connectivity index (χ2v) is 5.46. The van der Waals surface area contributed by atoms with E-state index in [-0.39, 0.29) is 11.1 Å². The largest absolute Gasteiger partial charge is 0.342 e. The van der Waals surface area contributed by atoms with Gasteiger partial charge in [0.1, 0.15) is 11.4 Å². The Morgan fingerprint density at radius 3 is 2.78 bits per heavy atom. The molecule has 0 aliphatic carbocycles. The summed E-state index contributed by atoms with van der Waals surface area (Å²) in [6.45, 7) is 3.55. The quantitative estimate of drug-likeness (QED) is 0.766. The first-order valence-corrected chi connectivity index (χ1v) is 7.26. The molecule has 7 heteroatoms. The van der Waals surface area contributed by atoms with Gasteiger partial charge in [-0.15, -0.1) is 0 Å². The number of carbonyl (C=O) groups excluding carboxylic acids is 1. The number of hydrogen-bond donors (Lipinski definition) is 2. The Balaban J connectivity index is 1.95. The SMILES string of the molecule is Cc1nc(C(C)NC(=O)c2cc3ccccc3n(C)c2=O)n[nH]1. The lowest BCUT2D eigenvalue weighted by molar-refractivity contribution is 0.0936. The van der Waals surface area contributed by atoms with Gasteiger partial charge < -0.3 is 9.88 Å². The fraction of sp³-hybridized carbons (Fsp3) is 0.250. The van der Waals surface area contributed by atoms with Gasteiger partial charge in [0.2, 0.25) is 0 Å². The highest BCUT2D eigenvalue weighted by Gasteiger charge is 2.18. The maximum absolute atomic E-state index is 12.5. The first-order chi connectivity index (χ1) is 11.0. The van der Waals surface area contributed by atoms with Crippen molar-refractivity contribution in [1.29, 1.82) is 0 Å². The van der Waals surface area contributed by atoms with Crippen LogP contribution >= 0.6 is 0 Å². The molecule has 0 saturated heterocycles. The van der Waals surface area contributed by atoms with Gasteiger partial charge in [-0.2, -0.15) is 5.10 Å². The molecule has 0 saturated carbocycles. The van der Waals surface area contributed by atoms with Crippen LogP contribution in [-0.2, 0) is 7.05 Å². The normalized spacial score (nSPS) is 12.3. The molecule has 0 spiro atoms. The molecule has 2 N–H and O–H groups in total. The molecule has 0 aliphatic heterocycles. The molecular weight excluding hydrogens is 294 g/mol. The summed E-state index contributed by atoms with van der Waals surface area (Å²) in [5.41, 5.74) is 0.552. The van der Waals surface area contributed by atoms with Gasteiger partial charge in [0, 0.05) is 7.05 Å². The van der Waals surface area contributed by atoms with Crippen molar-refractivity contribution < 1.29 is 4.79 Å². The number of benzene rings is 1. The van der Waals surface area contributed by atoms with Gasteiger partial charge in [-0.3, -0.25) is 14.7 Å². The van der Waals surface area contributed by atoms with E-state index in [1.54, 1.807) is 27.0 Å². The summed E-state index contributed by atoms with van der Waals surface area (Å²) in [6.07, 6.45) is 0. The summed E-state index contributed by atoms with van der Waals surface area (Å²) < 4.78 is 1.48. The molecule has 0 aliphatic rings. The zero-order chi connectivity index (χ0) is 16.6. The van der Waals surface area contributed by atoms with Crippen LogP contribution in [0.25, 0.3) is 10.9 Å². The number of nitrogens with zero attached hydrogens (tertiary/aromatic N) is 3. The monoisotopic (exact) mass is 311 g/mol. The van der Waals surface area contributed by atoms with E-state index in [9.17, 15) is 9.59 Å². The molecule has 0 bridgehead atoms. The number of aromatic amines is 1. The van der Waals surface area contributed by atoms with Gasteiger partial charge >= 0.3 is 0 Å². The molecule has 0 radical (unpaired) electrons. The summed E-state index contributed by atoms with van der Waals surface area (Å²) >= 11 is 0. The first kappa shape index (κ1) is 15.0. The Morgan fingerprint density at radius 1 is 1.35 bits per heavy atom. The van der Waals surface area contributed by atoms with Crippen LogP contribution in [0, 0.1) is 6.92 Å². The van der Waals surface area contributed by atoms with E-state index in [1.807, 2.05) is 24.3 Å². The Labute approximate surface area is 132 Å². The molecule has 3 rings (SSSR count). The highest BCUT2D eigenvalue weighted by molar-refractivity contribution is 5.97. The third kappa shape index (κ3) is 2.73. The van der Waals surface area contributed by atoms with E-state index >= 15 is 0 Å². The average Bonchev–Trinajstić information content (AvgIpc) is 2.97. The Bertz CT molecular complexity index is 941. The number of H-pyrrole nitrogens is 1. The van der Waals surface area contributed by atoms with Crippen molar-refractivity contribution in [3.63, 3.8) is 0 Å². The van der Waals surface area contributed by atoms with E-state index in [2.05, 4.69) is 20.5 Å². The molecule has 2 heterocycles. The maximum Gasteiger partial charge on any atom is 0.263 e. The van der Waals surface area contributed by atoms with Crippen LogP contribution in [-0.4, -0.2) is 25.7 Å². The molecular formula is C16H17N5O2. The van der Waals surface area contributed by atoms with Crippen molar-refractivity contribution in [3.05, 3.63) is 57.9 Å². The number of amides is 1. The number of aryl methyl sites for hydroxylation is 2. The van der Waals surface area contributed by atoms with Gasteiger partial charge in [-0.1, -0.05) is 18.2 Å². The molecule has 118 valence electrons. The topological polar surface area (TPSA) is 92.7 Å². The Morgan fingerprint density at radius 2 is 2.09 bits per heavy atom. The average molecular weight is 311 g/mol. The summed E-state index contributed by atoms with van der Waals surface area (Å²) in [4.78, 5) is 29.1. The number of pyridine rings is 1. The number of nitrogens with one attached hydrogen (secondary N) is 2. The van der Waals surface area contributed by atoms with Crippen molar-refractivity contribution in [3.8, 4) is 0 Å². The van der Waals surface area contributed by atoms with Gasteiger partial charge in [0.05, 0.1) is 11.6 Å². The lowest BCUT2D eigenvalue weighted by Gasteiger charge is -2.12. The van der Waals surface area contributed by atoms with Crippen molar-refractivity contribution in [1.82, 2.24) is 25.1 Å². The molecule has 0 fully saturated rings. The van der Waals surface area contributed by atoms with Crippen molar-refractivity contribution in [2.75, 3.05) is 0 Å². The second-order valence-electron chi connectivity index (χ2n) is 5.46. The van der Waals surface area contributed by atoms with E-state index in [0.29, 0.717) is 11.6 Å². The molecule has 1 unspecified atom stereocenters. The standard InChI is InChI=1S/C16H17N5O2/c1-9(14-18-10(2)19-20-14)17-15(22)12-8-11-6-4-5-7-13(11)21(3)16(12)23/h4-9H,1-3H3,(H,17,22)(H,18,19,20). The van der Waals surface area contributed by atoms with Crippen molar-refractivity contribution in [2.45, 2.75) is 19.9 Å². The van der Waals surface area contributed by atoms with Crippen LogP contribution in [0.5, 0.6) is 0 Å². The summed E-state index contributed by atoms with van der Waals surface area (Å²) in [5.74, 6) is 0.711. The first-order valence-electron chi connectivity index (χ1n) is 7.26. The van der Waals surface area contributed by atoms with E-state index < -0.39 is 11.9 Å². The minimum absolute atomic E-state index is 0.102. The van der Waals surface area contributed by atoms with Crippen molar-refractivity contribution >= 4 is 16.8 Å². The fourth-order valence-corrected chi connectivity index (χ4v) is 2.48. The number of para-hydroxylation sites is 1. The molecule has 3 aromatic rings. The number of aromatic nitrogens is 4. The molecule has 2 aromatic heterocycles. The molecule has 1 amide bonds. The number of rotatable bonds is 3. The molecule has 1 atom stereocenters. The number of fused-ring (bicyclic) bond motifs is 1. The minimum atomic E-state index is -0.439. The Hall–Kier alpha value is -2.96. The molecule has 1 aromatic carbocycles. The lowest BCUT2D eigenvalue weighted by Crippen LogP contribution is -2.34. The van der Waals surface area contributed by atoms with Crippen LogP contribution in [0.2, 0.25) is 0 Å². The molecule has 7 nitrogen and oxygen atoms in total. The van der Waals surface area contributed by atoms with Gasteiger partial charge in [-0.05, 0) is 31.4 Å². The summed E-state index contributed by atoms with van der Waals surface area (Å²) in [7, 11) is 1.66. The minimum Gasteiger partial charge on any atom is -0.342 e. The van der Waals surface area contributed by atoms with Gasteiger partial charge in [-0.25, -0.2) is 4.98 Å². The van der Waals surface area contributed by atoms with Crippen LogP contribution in [0.1, 0.15) is 35.0 Å². The smallest absolute Gasteiger partial charge is 0.263 e. The zero-order valence-electron chi connectivity index (χ0n) is 13.1. The fourth-order valence-electron chi connectivity index (χ4n) is 2.48. The maximum atomic E-state index is 12.5. The van der Waals surface area contributed by atoms with Gasteiger partial charge in [0.25, 0.3) is 11.5 Å². The highest BCUT2D eigenvalue weighted by Crippen LogP contribution is 2.13. The predicted octanol–water partition coefficient (Wildman–Crippen LogP) is 1.46. The van der Waals surface area contributed by atoms with E-state index in [4.69, 9.17) is 0 Å². The Kier molecular flexibility index (Phi) is 3.69. The highest BCUT2D eigenvalue weighted by atomic mass is 16.2. The number of carbonyl (C=O) groups is 1. The summed E-state index contributed by atoms with van der Waals surface area (Å²) in [6, 6.07) is 8.65. The van der Waals surface area contributed by atoms with Crippen LogP contribution in [0.4, 0.5) is 0 Å². The van der Waals surface area contributed by atoms with Gasteiger partial charge in [0.15, 0.2) is 5.82 Å². The second kappa shape index (κ2) is 5.68. The van der Waals surface area contributed by atoms with Crippen LogP contribution in [0.3, 0.4) is 0 Å². The summed E-state index contributed by atoms with van der Waals surface area (Å²) in [5, 5.41) is 10.3. The third-order valence-electron chi connectivity index (χ3n) is 3.73. The molecule has 23 heavy (non-hydrogen) atoms. The number of hydrogen-bond acceptors (Lipinski definition) is 4. The van der Waals surface area contributed by atoms with Crippen LogP contribution < -0.4 is 10.9 Å². The van der Waals surface area contributed by atoms with E-state index in [1.165, 1.54) is 4.57 Å².